The molecule has 1 rings (SSSR count). The highest BCUT2D eigenvalue weighted by atomic mass is 28.4. The van der Waals surface area contributed by atoms with E-state index < -0.39 is 8.80 Å². The molecule has 21 heavy (non-hydrogen) atoms. The van der Waals surface area contributed by atoms with Crippen LogP contribution in [-0.2, 0) is 29.4 Å². The van der Waals surface area contributed by atoms with Crippen LogP contribution in [-0.4, -0.2) is 34.6 Å². The van der Waals surface area contributed by atoms with Crippen molar-refractivity contribution in [1.82, 2.24) is 0 Å². The maximum atomic E-state index is 10.8. The Balaban J connectivity index is 2.93. The molecule has 0 heterocycles. The summed E-state index contributed by atoms with van der Waals surface area (Å²) in [6.45, 7) is 9.02. The van der Waals surface area contributed by atoms with Crippen molar-refractivity contribution in [3.63, 3.8) is 0 Å². The molecule has 0 fully saturated rings. The van der Waals surface area contributed by atoms with E-state index >= 15 is 0 Å². The molecular formula is C15H24O5Si. The van der Waals surface area contributed by atoms with Gasteiger partial charge >= 0.3 is 14.8 Å². The quantitative estimate of drug-likeness (QED) is 0.516. The molecule has 0 aliphatic heterocycles. The van der Waals surface area contributed by atoms with Gasteiger partial charge in [-0.2, -0.15) is 0 Å². The predicted molar refractivity (Wildman–Crippen MR) is 82.2 cm³/mol. The summed E-state index contributed by atoms with van der Waals surface area (Å²) in [4.78, 5) is 10.8. The van der Waals surface area contributed by atoms with Gasteiger partial charge in [0.2, 0.25) is 0 Å². The molecule has 1 aromatic rings. The molecular weight excluding hydrogens is 288 g/mol. The monoisotopic (exact) mass is 312 g/mol. The third-order valence-corrected chi connectivity index (χ3v) is 5.80. The Kier molecular flexibility index (Phi) is 7.59. The van der Waals surface area contributed by atoms with Crippen LogP contribution in [0.1, 0.15) is 33.3 Å². The van der Waals surface area contributed by atoms with Gasteiger partial charge in [0, 0.05) is 31.9 Å². The Bertz CT molecular complexity index is 415. The highest BCUT2D eigenvalue weighted by molar-refractivity contribution is 6.75. The van der Waals surface area contributed by atoms with Crippen molar-refractivity contribution in [1.29, 1.82) is 0 Å². The number of carbonyl (C=O) groups is 1. The molecule has 6 heteroatoms. The second kappa shape index (κ2) is 8.94. The van der Waals surface area contributed by atoms with Crippen LogP contribution >= 0.6 is 0 Å². The highest BCUT2D eigenvalue weighted by Crippen LogP contribution is 2.12. The Labute approximate surface area is 127 Å². The summed E-state index contributed by atoms with van der Waals surface area (Å²) < 4.78 is 22.5. The van der Waals surface area contributed by atoms with Crippen LogP contribution < -0.4 is 5.19 Å². The minimum absolute atomic E-state index is 0.266. The Morgan fingerprint density at radius 1 is 0.952 bits per heavy atom. The van der Waals surface area contributed by atoms with E-state index in [4.69, 9.17) is 18.0 Å². The van der Waals surface area contributed by atoms with Gasteiger partial charge in [0.05, 0.1) is 0 Å². The molecule has 0 aliphatic rings. The zero-order valence-corrected chi connectivity index (χ0v) is 14.2. The molecule has 5 nitrogen and oxygen atoms in total. The molecule has 0 aromatic heterocycles. The van der Waals surface area contributed by atoms with Crippen LogP contribution in [0.3, 0.4) is 0 Å². The minimum Gasteiger partial charge on any atom is -0.461 e. The van der Waals surface area contributed by atoms with Crippen LogP contribution in [0.15, 0.2) is 24.3 Å². The molecule has 0 aliphatic carbocycles. The van der Waals surface area contributed by atoms with Crippen LogP contribution in [0.5, 0.6) is 0 Å². The summed E-state index contributed by atoms with van der Waals surface area (Å²) in [7, 11) is -2.85. The first kappa shape index (κ1) is 17.8. The Morgan fingerprint density at radius 2 is 1.43 bits per heavy atom. The average Bonchev–Trinajstić information content (AvgIpc) is 2.46. The number of ether oxygens (including phenoxy) is 1. The number of esters is 1. The summed E-state index contributed by atoms with van der Waals surface area (Å²) in [5, 5.41) is 0.916. The lowest BCUT2D eigenvalue weighted by Gasteiger charge is -2.28. The topological polar surface area (TPSA) is 54.0 Å². The van der Waals surface area contributed by atoms with Gasteiger partial charge in [-0.25, -0.2) is 0 Å². The molecule has 0 bridgehead atoms. The fourth-order valence-electron chi connectivity index (χ4n) is 1.94. The number of benzene rings is 1. The third kappa shape index (κ3) is 5.24. The van der Waals surface area contributed by atoms with E-state index in [1.165, 1.54) is 6.92 Å². The van der Waals surface area contributed by atoms with Crippen molar-refractivity contribution in [3.8, 4) is 0 Å². The lowest BCUT2D eigenvalue weighted by atomic mass is 10.2. The molecule has 0 atom stereocenters. The van der Waals surface area contributed by atoms with Gasteiger partial charge < -0.3 is 18.0 Å². The largest absolute Gasteiger partial charge is 0.537 e. The third-order valence-electron chi connectivity index (χ3n) is 2.75. The lowest BCUT2D eigenvalue weighted by Crippen LogP contribution is -2.56. The van der Waals surface area contributed by atoms with Crippen molar-refractivity contribution in [2.24, 2.45) is 0 Å². The van der Waals surface area contributed by atoms with E-state index in [9.17, 15) is 4.79 Å². The first-order chi connectivity index (χ1) is 10.1. The maximum absolute atomic E-state index is 10.8. The zero-order chi connectivity index (χ0) is 15.7. The SMILES string of the molecule is CCO[Si](OCC)(OCC)c1ccc(COC(C)=O)cc1. The second-order valence-corrected chi connectivity index (χ2v) is 6.89. The fraction of sp³-hybridized carbons (Fsp3) is 0.533. The van der Waals surface area contributed by atoms with Crippen LogP contribution in [0, 0.1) is 0 Å². The second-order valence-electron chi connectivity index (χ2n) is 4.33. The normalized spacial score (nSPS) is 11.4. The standard InChI is InChI=1S/C15H24O5Si/c1-5-18-21(19-6-2,20-7-3)15-10-8-14(9-11-15)12-17-13(4)16/h8-11H,5-7,12H2,1-4H3. The summed E-state index contributed by atoms with van der Waals surface area (Å²) in [6.07, 6.45) is 0. The minimum atomic E-state index is -2.85. The van der Waals surface area contributed by atoms with Gasteiger partial charge in [-0.15, -0.1) is 0 Å². The van der Waals surface area contributed by atoms with E-state index in [0.717, 1.165) is 10.8 Å². The van der Waals surface area contributed by atoms with Crippen molar-refractivity contribution in [2.75, 3.05) is 19.8 Å². The number of hydrogen-bond acceptors (Lipinski definition) is 5. The molecule has 0 saturated carbocycles. The molecule has 118 valence electrons. The molecule has 0 radical (unpaired) electrons. The van der Waals surface area contributed by atoms with E-state index in [0.29, 0.717) is 19.8 Å². The van der Waals surface area contributed by atoms with Gasteiger partial charge in [-0.1, -0.05) is 24.3 Å². The first-order valence-corrected chi connectivity index (χ1v) is 8.95. The van der Waals surface area contributed by atoms with E-state index in [1.54, 1.807) is 0 Å². The van der Waals surface area contributed by atoms with Gasteiger partial charge in [0.15, 0.2) is 0 Å². The van der Waals surface area contributed by atoms with E-state index in [2.05, 4.69) is 0 Å². The molecule has 0 saturated heterocycles. The van der Waals surface area contributed by atoms with Crippen molar-refractivity contribution >= 4 is 20.0 Å². The van der Waals surface area contributed by atoms with E-state index in [-0.39, 0.29) is 12.6 Å². The van der Waals surface area contributed by atoms with Gasteiger partial charge in [-0.3, -0.25) is 4.79 Å². The molecule has 0 N–H and O–H groups in total. The average molecular weight is 312 g/mol. The first-order valence-electron chi connectivity index (χ1n) is 7.22. The van der Waals surface area contributed by atoms with Gasteiger partial charge in [-0.05, 0) is 26.3 Å². The van der Waals surface area contributed by atoms with Crippen molar-refractivity contribution in [2.45, 2.75) is 34.3 Å². The summed E-state index contributed by atoms with van der Waals surface area (Å²) in [5.74, 6) is -0.291. The van der Waals surface area contributed by atoms with Crippen LogP contribution in [0.25, 0.3) is 0 Å². The molecule has 0 amide bonds. The van der Waals surface area contributed by atoms with Crippen LogP contribution in [0.4, 0.5) is 0 Å². The van der Waals surface area contributed by atoms with Crippen LogP contribution in [0.2, 0.25) is 0 Å². The highest BCUT2D eigenvalue weighted by Gasteiger charge is 2.43. The van der Waals surface area contributed by atoms with Gasteiger partial charge in [0.1, 0.15) is 6.61 Å². The van der Waals surface area contributed by atoms with E-state index in [1.807, 2.05) is 45.0 Å². The number of carbonyl (C=O) groups excluding carboxylic acids is 1. The fourth-order valence-corrected chi connectivity index (χ4v) is 4.40. The summed E-state index contributed by atoms with van der Waals surface area (Å²) >= 11 is 0. The molecule has 0 unspecified atom stereocenters. The smallest absolute Gasteiger partial charge is 0.461 e. The summed E-state index contributed by atoms with van der Waals surface area (Å²) in [6, 6.07) is 7.65. The molecule has 1 aromatic carbocycles. The Morgan fingerprint density at radius 3 is 1.81 bits per heavy atom. The predicted octanol–water partition coefficient (Wildman–Crippen LogP) is 2.01. The zero-order valence-electron chi connectivity index (χ0n) is 13.2. The van der Waals surface area contributed by atoms with Crippen molar-refractivity contribution in [3.05, 3.63) is 29.8 Å². The number of hydrogen-bond donors (Lipinski definition) is 0. The Hall–Kier alpha value is -1.21. The maximum Gasteiger partial charge on any atom is 0.537 e. The summed E-state index contributed by atoms with van der Waals surface area (Å²) in [5.41, 5.74) is 0.918. The molecule has 0 spiro atoms. The lowest BCUT2D eigenvalue weighted by molar-refractivity contribution is -0.142. The van der Waals surface area contributed by atoms with Crippen molar-refractivity contribution < 1.29 is 22.8 Å². The number of rotatable bonds is 9. The van der Waals surface area contributed by atoms with Gasteiger partial charge in [0.25, 0.3) is 0 Å².